The zero-order chi connectivity index (χ0) is 15.3. The van der Waals surface area contributed by atoms with Crippen LogP contribution in [-0.2, 0) is 0 Å². The highest BCUT2D eigenvalue weighted by atomic mass is 16.3. The van der Waals surface area contributed by atoms with E-state index in [9.17, 15) is 9.90 Å². The minimum absolute atomic E-state index is 0.128. The highest BCUT2D eigenvalue weighted by Gasteiger charge is 2.27. The third-order valence-corrected chi connectivity index (χ3v) is 4.00. The summed E-state index contributed by atoms with van der Waals surface area (Å²) in [6.45, 7) is 9.90. The Morgan fingerprint density at radius 2 is 1.90 bits per heavy atom. The molecule has 2 unspecified atom stereocenters. The predicted octanol–water partition coefficient (Wildman–Crippen LogP) is 3.22. The first-order valence-electron chi connectivity index (χ1n) is 7.11. The van der Waals surface area contributed by atoms with Crippen LogP contribution >= 0.6 is 0 Å². The molecule has 0 bridgehead atoms. The Kier molecular flexibility index (Phi) is 5.57. The summed E-state index contributed by atoms with van der Waals surface area (Å²) in [5, 5.41) is 15.9. The first-order valence-corrected chi connectivity index (χ1v) is 7.11. The number of hydrogen-bond donors (Lipinski definition) is 3. The van der Waals surface area contributed by atoms with E-state index in [-0.39, 0.29) is 18.5 Å². The molecule has 4 nitrogen and oxygen atoms in total. The Labute approximate surface area is 121 Å². The van der Waals surface area contributed by atoms with E-state index < -0.39 is 5.60 Å². The SMILES string of the molecule is CCC(C)C(C)(O)CNC(=O)Nc1c(C)cccc1C. The van der Waals surface area contributed by atoms with Crippen molar-refractivity contribution in [3.8, 4) is 0 Å². The van der Waals surface area contributed by atoms with Crippen LogP contribution in [-0.4, -0.2) is 23.3 Å². The minimum atomic E-state index is -0.896. The van der Waals surface area contributed by atoms with E-state index in [1.807, 2.05) is 45.9 Å². The van der Waals surface area contributed by atoms with E-state index in [0.717, 1.165) is 23.2 Å². The zero-order valence-corrected chi connectivity index (χ0v) is 13.1. The smallest absolute Gasteiger partial charge is 0.319 e. The molecule has 2 amide bonds. The topological polar surface area (TPSA) is 61.4 Å². The molecule has 0 spiro atoms. The number of amides is 2. The molecule has 4 heteroatoms. The van der Waals surface area contributed by atoms with Gasteiger partial charge in [-0.15, -0.1) is 0 Å². The van der Waals surface area contributed by atoms with Gasteiger partial charge in [0.15, 0.2) is 0 Å². The van der Waals surface area contributed by atoms with Crippen LogP contribution in [0.5, 0.6) is 0 Å². The molecule has 20 heavy (non-hydrogen) atoms. The lowest BCUT2D eigenvalue weighted by molar-refractivity contribution is 0.00827. The van der Waals surface area contributed by atoms with Gasteiger partial charge in [0.05, 0.1) is 5.60 Å². The zero-order valence-electron chi connectivity index (χ0n) is 13.1. The first-order chi connectivity index (χ1) is 9.27. The van der Waals surface area contributed by atoms with Crippen molar-refractivity contribution in [3.05, 3.63) is 29.3 Å². The maximum absolute atomic E-state index is 11.9. The van der Waals surface area contributed by atoms with Crippen LogP contribution in [0.3, 0.4) is 0 Å². The molecule has 0 aromatic heterocycles. The number of para-hydroxylation sites is 1. The second-order valence-corrected chi connectivity index (χ2v) is 5.74. The second-order valence-electron chi connectivity index (χ2n) is 5.74. The van der Waals surface area contributed by atoms with Gasteiger partial charge in [-0.05, 0) is 37.8 Å². The van der Waals surface area contributed by atoms with Gasteiger partial charge in [0.25, 0.3) is 0 Å². The van der Waals surface area contributed by atoms with Crippen molar-refractivity contribution in [2.24, 2.45) is 5.92 Å². The van der Waals surface area contributed by atoms with Crippen LogP contribution in [0.25, 0.3) is 0 Å². The molecule has 112 valence electrons. The molecule has 1 aromatic carbocycles. The number of rotatable bonds is 5. The molecular formula is C16H26N2O2. The van der Waals surface area contributed by atoms with Gasteiger partial charge in [-0.3, -0.25) is 0 Å². The minimum Gasteiger partial charge on any atom is -0.388 e. The Balaban J connectivity index is 2.61. The highest BCUT2D eigenvalue weighted by Crippen LogP contribution is 2.20. The van der Waals surface area contributed by atoms with E-state index >= 15 is 0 Å². The Hall–Kier alpha value is -1.55. The van der Waals surface area contributed by atoms with Crippen molar-refractivity contribution >= 4 is 11.7 Å². The Morgan fingerprint density at radius 1 is 1.35 bits per heavy atom. The van der Waals surface area contributed by atoms with Crippen LogP contribution < -0.4 is 10.6 Å². The number of nitrogens with one attached hydrogen (secondary N) is 2. The van der Waals surface area contributed by atoms with E-state index in [2.05, 4.69) is 10.6 Å². The average molecular weight is 278 g/mol. The largest absolute Gasteiger partial charge is 0.388 e. The van der Waals surface area contributed by atoms with Gasteiger partial charge < -0.3 is 15.7 Å². The third kappa shape index (κ3) is 4.23. The summed E-state index contributed by atoms with van der Waals surface area (Å²) in [4.78, 5) is 11.9. The normalized spacial score (nSPS) is 15.3. The lowest BCUT2D eigenvalue weighted by Crippen LogP contribution is -2.46. The van der Waals surface area contributed by atoms with E-state index in [4.69, 9.17) is 0 Å². The highest BCUT2D eigenvalue weighted by molar-refractivity contribution is 5.91. The van der Waals surface area contributed by atoms with Gasteiger partial charge in [-0.25, -0.2) is 4.79 Å². The van der Waals surface area contributed by atoms with Gasteiger partial charge >= 0.3 is 6.03 Å². The molecule has 3 N–H and O–H groups in total. The van der Waals surface area contributed by atoms with Gasteiger partial charge in [-0.1, -0.05) is 38.5 Å². The van der Waals surface area contributed by atoms with E-state index in [1.54, 1.807) is 6.92 Å². The van der Waals surface area contributed by atoms with Crippen LogP contribution in [0.2, 0.25) is 0 Å². The van der Waals surface area contributed by atoms with Crippen molar-refractivity contribution in [2.75, 3.05) is 11.9 Å². The summed E-state index contributed by atoms with van der Waals surface area (Å²) in [5.74, 6) is 0.128. The van der Waals surface area contributed by atoms with Gasteiger partial charge in [-0.2, -0.15) is 0 Å². The number of aliphatic hydroxyl groups is 1. The number of urea groups is 1. The van der Waals surface area contributed by atoms with Crippen molar-refractivity contribution in [1.82, 2.24) is 5.32 Å². The molecule has 1 rings (SSSR count). The average Bonchev–Trinajstić information content (AvgIpc) is 2.40. The van der Waals surface area contributed by atoms with E-state index in [0.29, 0.717) is 0 Å². The number of anilines is 1. The molecule has 0 aliphatic rings. The number of carbonyl (C=O) groups is 1. The summed E-state index contributed by atoms with van der Waals surface area (Å²) in [7, 11) is 0. The lowest BCUT2D eigenvalue weighted by Gasteiger charge is -2.29. The van der Waals surface area contributed by atoms with Crippen LogP contribution in [0.1, 0.15) is 38.3 Å². The van der Waals surface area contributed by atoms with Crippen molar-refractivity contribution in [1.29, 1.82) is 0 Å². The van der Waals surface area contributed by atoms with Crippen LogP contribution in [0, 0.1) is 19.8 Å². The van der Waals surface area contributed by atoms with Gasteiger partial charge in [0.2, 0.25) is 0 Å². The fraction of sp³-hybridized carbons (Fsp3) is 0.562. The molecule has 0 fully saturated rings. The second kappa shape index (κ2) is 6.75. The summed E-state index contributed by atoms with van der Waals surface area (Å²) >= 11 is 0. The quantitative estimate of drug-likeness (QED) is 0.774. The fourth-order valence-electron chi connectivity index (χ4n) is 2.04. The summed E-state index contributed by atoms with van der Waals surface area (Å²) in [6.07, 6.45) is 0.868. The Bertz CT molecular complexity index is 449. The van der Waals surface area contributed by atoms with Crippen molar-refractivity contribution in [2.45, 2.75) is 46.6 Å². The summed E-state index contributed by atoms with van der Waals surface area (Å²) < 4.78 is 0. The molecule has 2 atom stereocenters. The van der Waals surface area contributed by atoms with Gasteiger partial charge in [0, 0.05) is 12.2 Å². The Morgan fingerprint density at radius 3 is 2.40 bits per heavy atom. The molecule has 0 saturated heterocycles. The maximum atomic E-state index is 11.9. The molecule has 0 saturated carbocycles. The third-order valence-electron chi connectivity index (χ3n) is 4.00. The fourth-order valence-corrected chi connectivity index (χ4v) is 2.04. The van der Waals surface area contributed by atoms with Gasteiger partial charge in [0.1, 0.15) is 0 Å². The molecule has 0 heterocycles. The maximum Gasteiger partial charge on any atom is 0.319 e. The number of aryl methyl sites for hydroxylation is 2. The van der Waals surface area contributed by atoms with Crippen molar-refractivity contribution in [3.63, 3.8) is 0 Å². The molecule has 0 radical (unpaired) electrons. The molecule has 0 aliphatic carbocycles. The summed E-state index contributed by atoms with van der Waals surface area (Å²) in [6, 6.07) is 5.59. The number of benzene rings is 1. The lowest BCUT2D eigenvalue weighted by atomic mass is 9.89. The summed E-state index contributed by atoms with van der Waals surface area (Å²) in [5.41, 5.74) is 1.98. The number of carbonyl (C=O) groups excluding carboxylic acids is 1. The van der Waals surface area contributed by atoms with Crippen molar-refractivity contribution < 1.29 is 9.90 Å². The molecular weight excluding hydrogens is 252 g/mol. The number of hydrogen-bond acceptors (Lipinski definition) is 2. The van der Waals surface area contributed by atoms with E-state index in [1.165, 1.54) is 0 Å². The monoisotopic (exact) mass is 278 g/mol. The molecule has 1 aromatic rings. The predicted molar refractivity (Wildman–Crippen MR) is 83.0 cm³/mol. The molecule has 0 aliphatic heterocycles. The van der Waals surface area contributed by atoms with Crippen LogP contribution in [0.4, 0.5) is 10.5 Å². The standard InChI is InChI=1S/C16H26N2O2/c1-6-13(4)16(5,20)10-17-15(19)18-14-11(2)8-7-9-12(14)3/h7-9,13,20H,6,10H2,1-5H3,(H2,17,18,19). The first kappa shape index (κ1) is 16.5. The van der Waals surface area contributed by atoms with Crippen LogP contribution in [0.15, 0.2) is 18.2 Å².